The number of anilines is 1. The molecule has 1 saturated heterocycles. The van der Waals surface area contributed by atoms with E-state index in [2.05, 4.69) is 32.3 Å². The highest BCUT2D eigenvalue weighted by molar-refractivity contribution is 5.71. The number of nitrogens with one attached hydrogen (secondary N) is 2. The van der Waals surface area contributed by atoms with Crippen LogP contribution in [0.3, 0.4) is 0 Å². The summed E-state index contributed by atoms with van der Waals surface area (Å²) in [7, 11) is 1.63. The quantitative estimate of drug-likeness (QED) is 0.683. The number of fused-ring (bicyclic) bond motifs is 1. The van der Waals surface area contributed by atoms with E-state index in [1.54, 1.807) is 13.2 Å². The molecule has 0 radical (unpaired) electrons. The standard InChI is InChI=1S/C21H29N5O3/c1-3-26-9-5-7-14(11-26)22-20-21(28)23-19(24-25-20)18-16(12-29-2)15-8-4-6-13(15)10-17(18)27/h10,14,27H,3-9,11-12H2,1-2H3,(H,22,25)(H,23,24,28)/t14-/m1/s1. The van der Waals surface area contributed by atoms with Gasteiger partial charge in [0.25, 0.3) is 5.56 Å². The molecule has 0 unspecified atom stereocenters. The topological polar surface area (TPSA) is 103 Å². The Morgan fingerprint density at radius 2 is 2.21 bits per heavy atom. The number of aromatic hydroxyl groups is 1. The van der Waals surface area contributed by atoms with Gasteiger partial charge in [0.15, 0.2) is 5.82 Å². The van der Waals surface area contributed by atoms with Crippen LogP contribution >= 0.6 is 0 Å². The molecule has 2 aromatic rings. The van der Waals surface area contributed by atoms with E-state index in [9.17, 15) is 9.90 Å². The summed E-state index contributed by atoms with van der Waals surface area (Å²) in [6.07, 6.45) is 5.03. The Kier molecular flexibility index (Phi) is 5.82. The molecule has 8 heteroatoms. The summed E-state index contributed by atoms with van der Waals surface area (Å²) < 4.78 is 5.38. The molecule has 29 heavy (non-hydrogen) atoms. The first-order valence-corrected chi connectivity index (χ1v) is 10.4. The minimum atomic E-state index is -0.327. The molecule has 1 aromatic heterocycles. The average Bonchev–Trinajstić information content (AvgIpc) is 3.18. The van der Waals surface area contributed by atoms with E-state index in [0.29, 0.717) is 12.2 Å². The molecule has 0 spiro atoms. The Morgan fingerprint density at radius 3 is 2.97 bits per heavy atom. The zero-order valence-corrected chi connectivity index (χ0v) is 17.1. The molecule has 0 bridgehead atoms. The normalized spacial score (nSPS) is 19.3. The van der Waals surface area contributed by atoms with Crippen molar-refractivity contribution in [3.05, 3.63) is 33.1 Å². The SMILES string of the molecule is CCN1CCC[C@@H](Nc2nnc(-c3c(O)cc4c(c3COC)CCC4)[nH]c2=O)C1. The Hall–Kier alpha value is -2.45. The second-order valence-electron chi connectivity index (χ2n) is 7.90. The summed E-state index contributed by atoms with van der Waals surface area (Å²) in [6, 6.07) is 1.96. The highest BCUT2D eigenvalue weighted by Crippen LogP contribution is 2.38. The van der Waals surface area contributed by atoms with Crippen molar-refractivity contribution in [1.29, 1.82) is 0 Å². The van der Waals surface area contributed by atoms with Crippen LogP contribution in [0.4, 0.5) is 5.82 Å². The number of piperidine rings is 1. The van der Waals surface area contributed by atoms with Gasteiger partial charge in [-0.1, -0.05) is 6.92 Å². The summed E-state index contributed by atoms with van der Waals surface area (Å²) in [6.45, 7) is 5.48. The smallest absolute Gasteiger partial charge is 0.294 e. The van der Waals surface area contributed by atoms with Crippen molar-refractivity contribution >= 4 is 5.82 Å². The van der Waals surface area contributed by atoms with E-state index >= 15 is 0 Å². The third-order valence-electron chi connectivity index (χ3n) is 6.01. The van der Waals surface area contributed by atoms with E-state index in [-0.39, 0.29) is 29.0 Å². The van der Waals surface area contributed by atoms with Crippen LogP contribution < -0.4 is 10.9 Å². The number of likely N-dealkylation sites (tertiary alicyclic amines) is 1. The summed E-state index contributed by atoms with van der Waals surface area (Å²) in [5.41, 5.74) is 3.40. The highest BCUT2D eigenvalue weighted by Gasteiger charge is 2.25. The van der Waals surface area contributed by atoms with E-state index in [1.165, 1.54) is 5.56 Å². The lowest BCUT2D eigenvalue weighted by molar-refractivity contribution is 0.184. The molecule has 1 aliphatic carbocycles. The fourth-order valence-corrected chi connectivity index (χ4v) is 4.58. The van der Waals surface area contributed by atoms with Gasteiger partial charge in [0.2, 0.25) is 5.82 Å². The number of rotatable bonds is 6. The molecule has 0 amide bonds. The Labute approximate surface area is 170 Å². The van der Waals surface area contributed by atoms with Gasteiger partial charge in [-0.05, 0) is 68.0 Å². The van der Waals surface area contributed by atoms with Crippen molar-refractivity contribution < 1.29 is 9.84 Å². The monoisotopic (exact) mass is 399 g/mol. The van der Waals surface area contributed by atoms with Gasteiger partial charge >= 0.3 is 0 Å². The molecule has 1 aliphatic heterocycles. The molecule has 8 nitrogen and oxygen atoms in total. The average molecular weight is 399 g/mol. The molecule has 2 heterocycles. The number of nitrogens with zero attached hydrogens (tertiary/aromatic N) is 3. The molecule has 1 aromatic carbocycles. The van der Waals surface area contributed by atoms with Gasteiger partial charge in [0, 0.05) is 19.7 Å². The second kappa shape index (κ2) is 8.51. The largest absolute Gasteiger partial charge is 0.507 e. The van der Waals surface area contributed by atoms with E-state index < -0.39 is 0 Å². The molecular formula is C21H29N5O3. The molecule has 0 saturated carbocycles. The number of H-pyrrole nitrogens is 1. The minimum Gasteiger partial charge on any atom is -0.507 e. The van der Waals surface area contributed by atoms with Gasteiger partial charge in [-0.2, -0.15) is 0 Å². The number of ether oxygens (including phenoxy) is 1. The third kappa shape index (κ3) is 4.00. The predicted octanol–water partition coefficient (Wildman–Crippen LogP) is 2.07. The maximum absolute atomic E-state index is 12.7. The fourth-order valence-electron chi connectivity index (χ4n) is 4.58. The van der Waals surface area contributed by atoms with Crippen LogP contribution in [0.15, 0.2) is 10.9 Å². The number of hydrogen-bond donors (Lipinski definition) is 3. The fraction of sp³-hybridized carbons (Fsp3) is 0.571. The number of phenolic OH excluding ortho intramolecular Hbond substituents is 1. The molecule has 1 atom stereocenters. The van der Waals surface area contributed by atoms with Crippen LogP contribution in [0.1, 0.15) is 42.9 Å². The van der Waals surface area contributed by atoms with Gasteiger partial charge in [0.1, 0.15) is 5.75 Å². The number of aromatic amines is 1. The first kappa shape index (κ1) is 19.8. The zero-order valence-electron chi connectivity index (χ0n) is 17.1. The molecule has 156 valence electrons. The van der Waals surface area contributed by atoms with E-state index in [0.717, 1.165) is 62.9 Å². The lowest BCUT2D eigenvalue weighted by Crippen LogP contribution is -2.43. The Morgan fingerprint density at radius 1 is 1.34 bits per heavy atom. The van der Waals surface area contributed by atoms with Crippen LogP contribution in [-0.4, -0.2) is 58.0 Å². The molecule has 4 rings (SSSR count). The van der Waals surface area contributed by atoms with Crippen LogP contribution in [0, 0.1) is 0 Å². The zero-order chi connectivity index (χ0) is 20.4. The van der Waals surface area contributed by atoms with Gasteiger partial charge in [-0.15, -0.1) is 10.2 Å². The maximum Gasteiger partial charge on any atom is 0.294 e. The van der Waals surface area contributed by atoms with Crippen molar-refractivity contribution in [2.24, 2.45) is 0 Å². The second-order valence-corrected chi connectivity index (χ2v) is 7.90. The molecule has 2 aliphatic rings. The van der Waals surface area contributed by atoms with Crippen molar-refractivity contribution in [1.82, 2.24) is 20.1 Å². The Bertz CT molecular complexity index is 943. The number of aromatic nitrogens is 3. The predicted molar refractivity (Wildman–Crippen MR) is 111 cm³/mol. The summed E-state index contributed by atoms with van der Waals surface area (Å²) in [5.74, 6) is 0.610. The third-order valence-corrected chi connectivity index (χ3v) is 6.01. The van der Waals surface area contributed by atoms with Crippen LogP contribution in [0.2, 0.25) is 0 Å². The van der Waals surface area contributed by atoms with Crippen LogP contribution in [-0.2, 0) is 24.2 Å². The summed E-state index contributed by atoms with van der Waals surface area (Å²) in [4.78, 5) is 17.9. The van der Waals surface area contributed by atoms with Crippen molar-refractivity contribution in [2.75, 3.05) is 32.1 Å². The number of methoxy groups -OCH3 is 1. The van der Waals surface area contributed by atoms with Crippen molar-refractivity contribution in [3.63, 3.8) is 0 Å². The highest BCUT2D eigenvalue weighted by atomic mass is 16.5. The number of hydrogen-bond acceptors (Lipinski definition) is 7. The van der Waals surface area contributed by atoms with Crippen molar-refractivity contribution in [3.8, 4) is 17.1 Å². The number of benzene rings is 1. The van der Waals surface area contributed by atoms with Crippen LogP contribution in [0.25, 0.3) is 11.4 Å². The first-order valence-electron chi connectivity index (χ1n) is 10.4. The van der Waals surface area contributed by atoms with Gasteiger partial charge in [-0.3, -0.25) is 4.79 Å². The van der Waals surface area contributed by atoms with E-state index in [4.69, 9.17) is 4.74 Å². The number of likely N-dealkylation sites (N-methyl/N-ethyl adjacent to an activating group) is 1. The van der Waals surface area contributed by atoms with Crippen molar-refractivity contribution in [2.45, 2.75) is 51.7 Å². The van der Waals surface area contributed by atoms with Crippen LogP contribution in [0.5, 0.6) is 5.75 Å². The van der Waals surface area contributed by atoms with Gasteiger partial charge < -0.3 is 25.0 Å². The Balaban J connectivity index is 1.64. The van der Waals surface area contributed by atoms with Gasteiger partial charge in [-0.25, -0.2) is 0 Å². The first-order chi connectivity index (χ1) is 14.1. The number of phenols is 1. The summed E-state index contributed by atoms with van der Waals surface area (Å²) >= 11 is 0. The van der Waals surface area contributed by atoms with E-state index in [1.807, 2.05) is 0 Å². The molecule has 1 fully saturated rings. The molecular weight excluding hydrogens is 370 g/mol. The maximum atomic E-state index is 12.7. The summed E-state index contributed by atoms with van der Waals surface area (Å²) in [5, 5.41) is 22.3. The number of aryl methyl sites for hydroxylation is 1. The minimum absolute atomic E-state index is 0.106. The van der Waals surface area contributed by atoms with Gasteiger partial charge in [0.05, 0.1) is 12.2 Å². The lowest BCUT2D eigenvalue weighted by atomic mass is 9.96. The lowest BCUT2D eigenvalue weighted by Gasteiger charge is -2.32. The molecule has 3 N–H and O–H groups in total.